The van der Waals surface area contributed by atoms with Gasteiger partial charge in [-0.1, -0.05) is 17.7 Å². The maximum Gasteiger partial charge on any atom is 0.409 e. The van der Waals surface area contributed by atoms with Gasteiger partial charge in [0.05, 0.1) is 6.61 Å². The van der Waals surface area contributed by atoms with Gasteiger partial charge in [-0.05, 0) is 32.4 Å². The Hall–Kier alpha value is -3.49. The molecule has 0 atom stereocenters. The molecule has 4 rings (SSSR count). The van der Waals surface area contributed by atoms with Crippen LogP contribution in [0.2, 0.25) is 0 Å². The summed E-state index contributed by atoms with van der Waals surface area (Å²) in [6.07, 6.45) is 2.98. The van der Waals surface area contributed by atoms with Crippen molar-refractivity contribution in [2.24, 2.45) is 0 Å². The van der Waals surface area contributed by atoms with Gasteiger partial charge in [0.25, 0.3) is 0 Å². The normalized spacial score (nSPS) is 14.1. The summed E-state index contributed by atoms with van der Waals surface area (Å²) in [5, 5.41) is 3.40. The Balaban J connectivity index is 1.61. The number of rotatable bonds is 4. The number of fused-ring (bicyclic) bond motifs is 1. The van der Waals surface area contributed by atoms with Crippen LogP contribution in [0, 0.1) is 13.8 Å². The lowest BCUT2D eigenvalue weighted by Gasteiger charge is -2.34. The van der Waals surface area contributed by atoms with Crippen molar-refractivity contribution in [3.63, 3.8) is 0 Å². The molecule has 1 aliphatic rings. The Morgan fingerprint density at radius 3 is 2.60 bits per heavy atom. The molecular weight excluding hydrogens is 382 g/mol. The molecule has 9 heteroatoms. The third-order valence-electron chi connectivity index (χ3n) is 5.04. The zero-order valence-electron chi connectivity index (χ0n) is 17.4. The lowest BCUT2D eigenvalue weighted by molar-refractivity contribution is 0.105. The third-order valence-corrected chi connectivity index (χ3v) is 5.04. The second kappa shape index (κ2) is 8.48. The fourth-order valence-corrected chi connectivity index (χ4v) is 3.47. The highest BCUT2D eigenvalue weighted by atomic mass is 16.6. The molecule has 1 saturated heterocycles. The van der Waals surface area contributed by atoms with Crippen LogP contribution in [0.25, 0.3) is 11.2 Å². The van der Waals surface area contributed by atoms with Crippen LogP contribution >= 0.6 is 0 Å². The van der Waals surface area contributed by atoms with Crippen molar-refractivity contribution >= 4 is 34.7 Å². The number of anilines is 3. The highest BCUT2D eigenvalue weighted by molar-refractivity contribution is 5.86. The molecule has 3 heterocycles. The molecule has 1 fully saturated rings. The summed E-state index contributed by atoms with van der Waals surface area (Å²) < 4.78 is 5.09. The van der Waals surface area contributed by atoms with Crippen LogP contribution in [-0.2, 0) is 4.74 Å². The van der Waals surface area contributed by atoms with Gasteiger partial charge in [-0.3, -0.25) is 0 Å². The maximum absolute atomic E-state index is 12.0. The van der Waals surface area contributed by atoms with Crippen LogP contribution in [0.5, 0.6) is 0 Å². The summed E-state index contributed by atoms with van der Waals surface area (Å²) in [5.41, 5.74) is 4.43. The quantitative estimate of drug-likeness (QED) is 0.705. The fraction of sp³-hybridized carbons (Fsp3) is 0.381. The zero-order chi connectivity index (χ0) is 21.1. The van der Waals surface area contributed by atoms with E-state index in [1.54, 1.807) is 17.3 Å². The molecule has 0 saturated carbocycles. The summed E-state index contributed by atoms with van der Waals surface area (Å²) in [6.45, 7) is 8.65. The van der Waals surface area contributed by atoms with Crippen molar-refractivity contribution in [1.29, 1.82) is 0 Å². The molecule has 156 valence electrons. The van der Waals surface area contributed by atoms with E-state index in [4.69, 9.17) is 9.72 Å². The van der Waals surface area contributed by atoms with Gasteiger partial charge in [0, 0.05) is 44.3 Å². The van der Waals surface area contributed by atoms with Crippen LogP contribution in [0.15, 0.2) is 30.6 Å². The fourth-order valence-electron chi connectivity index (χ4n) is 3.47. The molecule has 2 aromatic heterocycles. The van der Waals surface area contributed by atoms with Gasteiger partial charge in [-0.25, -0.2) is 14.8 Å². The van der Waals surface area contributed by atoms with Crippen molar-refractivity contribution in [2.45, 2.75) is 20.8 Å². The van der Waals surface area contributed by atoms with E-state index in [2.05, 4.69) is 51.1 Å². The summed E-state index contributed by atoms with van der Waals surface area (Å²) in [6, 6.07) is 6.21. The number of aromatic nitrogens is 4. The van der Waals surface area contributed by atoms with Crippen molar-refractivity contribution in [2.75, 3.05) is 43.0 Å². The Labute approximate surface area is 175 Å². The van der Waals surface area contributed by atoms with Gasteiger partial charge in [-0.15, -0.1) is 0 Å². The molecule has 1 amide bonds. The van der Waals surface area contributed by atoms with Crippen molar-refractivity contribution in [3.05, 3.63) is 41.7 Å². The van der Waals surface area contributed by atoms with Crippen molar-refractivity contribution in [3.8, 4) is 0 Å². The Morgan fingerprint density at radius 2 is 1.87 bits per heavy atom. The van der Waals surface area contributed by atoms with E-state index in [0.29, 0.717) is 55.7 Å². The van der Waals surface area contributed by atoms with Crippen LogP contribution in [0.1, 0.15) is 18.1 Å². The van der Waals surface area contributed by atoms with E-state index in [-0.39, 0.29) is 6.09 Å². The number of aryl methyl sites for hydroxylation is 2. The first kappa shape index (κ1) is 19.8. The lowest BCUT2D eigenvalue weighted by atomic mass is 10.1. The van der Waals surface area contributed by atoms with E-state index in [1.165, 1.54) is 5.56 Å². The maximum atomic E-state index is 12.0. The largest absolute Gasteiger partial charge is 0.450 e. The Kier molecular flexibility index (Phi) is 5.60. The number of piperazine rings is 1. The molecule has 0 aliphatic carbocycles. The first-order chi connectivity index (χ1) is 14.5. The molecule has 9 nitrogen and oxygen atoms in total. The summed E-state index contributed by atoms with van der Waals surface area (Å²) in [7, 11) is 0. The molecule has 0 spiro atoms. The monoisotopic (exact) mass is 407 g/mol. The number of amides is 1. The topological polar surface area (TPSA) is 96.4 Å². The van der Waals surface area contributed by atoms with Crippen molar-refractivity contribution < 1.29 is 9.53 Å². The number of carbonyl (C=O) groups excluding carboxylic acids is 1. The lowest BCUT2D eigenvalue weighted by Crippen LogP contribution is -2.49. The van der Waals surface area contributed by atoms with Gasteiger partial charge < -0.3 is 19.9 Å². The first-order valence-corrected chi connectivity index (χ1v) is 10.0. The van der Waals surface area contributed by atoms with E-state index >= 15 is 0 Å². The SMILES string of the molecule is CCOC(=O)N1CCN(c2nc(Nc3ccc(C)cc3C)c3nccnc3n2)CC1. The molecule has 0 bridgehead atoms. The first-order valence-electron chi connectivity index (χ1n) is 10.0. The van der Waals surface area contributed by atoms with Crippen LogP contribution < -0.4 is 10.2 Å². The number of benzene rings is 1. The summed E-state index contributed by atoms with van der Waals surface area (Å²) in [4.78, 5) is 33.9. The van der Waals surface area contributed by atoms with Crippen LogP contribution in [-0.4, -0.2) is 63.7 Å². The van der Waals surface area contributed by atoms with Crippen LogP contribution in [0.4, 0.5) is 22.2 Å². The highest BCUT2D eigenvalue weighted by Gasteiger charge is 2.24. The number of nitrogens with one attached hydrogen (secondary N) is 1. The molecule has 3 aromatic rings. The minimum Gasteiger partial charge on any atom is -0.450 e. The number of nitrogens with zero attached hydrogens (tertiary/aromatic N) is 6. The van der Waals surface area contributed by atoms with E-state index in [0.717, 1.165) is 11.3 Å². The average molecular weight is 407 g/mol. The zero-order valence-corrected chi connectivity index (χ0v) is 17.4. The van der Waals surface area contributed by atoms with Gasteiger partial charge in [0.1, 0.15) is 0 Å². The number of carbonyl (C=O) groups is 1. The molecule has 1 aromatic carbocycles. The smallest absolute Gasteiger partial charge is 0.409 e. The minimum atomic E-state index is -0.278. The predicted octanol–water partition coefficient (Wildman–Crippen LogP) is 3.06. The van der Waals surface area contributed by atoms with Gasteiger partial charge >= 0.3 is 6.09 Å². The molecule has 1 aliphatic heterocycles. The predicted molar refractivity (Wildman–Crippen MR) is 115 cm³/mol. The number of hydrogen-bond acceptors (Lipinski definition) is 8. The summed E-state index contributed by atoms with van der Waals surface area (Å²) >= 11 is 0. The Morgan fingerprint density at radius 1 is 1.10 bits per heavy atom. The minimum absolute atomic E-state index is 0.278. The number of hydrogen-bond donors (Lipinski definition) is 1. The highest BCUT2D eigenvalue weighted by Crippen LogP contribution is 2.26. The third kappa shape index (κ3) is 4.10. The van der Waals surface area contributed by atoms with E-state index in [1.807, 2.05) is 13.0 Å². The number of ether oxygens (including phenoxy) is 1. The standard InChI is InChI=1S/C21H25N7O2/c1-4-30-21(29)28-11-9-27(10-12-28)20-25-18-17(22-7-8-23-18)19(26-20)24-16-6-5-14(2)13-15(16)3/h5-8,13H,4,9-12H2,1-3H3,(H,23,24,25,26). The average Bonchev–Trinajstić information content (AvgIpc) is 2.76. The van der Waals surface area contributed by atoms with Crippen LogP contribution in [0.3, 0.4) is 0 Å². The van der Waals surface area contributed by atoms with E-state index < -0.39 is 0 Å². The molecule has 0 unspecified atom stereocenters. The molecular formula is C21H25N7O2. The van der Waals surface area contributed by atoms with E-state index in [9.17, 15) is 4.79 Å². The van der Waals surface area contributed by atoms with Crippen molar-refractivity contribution in [1.82, 2.24) is 24.8 Å². The second-order valence-corrected chi connectivity index (χ2v) is 7.22. The Bertz CT molecular complexity index is 1060. The molecule has 0 radical (unpaired) electrons. The molecule has 30 heavy (non-hydrogen) atoms. The summed E-state index contributed by atoms with van der Waals surface area (Å²) in [5.74, 6) is 1.18. The van der Waals surface area contributed by atoms with Gasteiger partial charge in [0.2, 0.25) is 5.95 Å². The molecule has 1 N–H and O–H groups in total. The van der Waals surface area contributed by atoms with Gasteiger partial charge in [0.15, 0.2) is 17.0 Å². The van der Waals surface area contributed by atoms with Gasteiger partial charge in [-0.2, -0.15) is 9.97 Å². The second-order valence-electron chi connectivity index (χ2n) is 7.22.